The zero-order chi connectivity index (χ0) is 18.0. The second-order valence-corrected chi connectivity index (χ2v) is 6.36. The van der Waals surface area contributed by atoms with Gasteiger partial charge in [0.1, 0.15) is 11.8 Å². The van der Waals surface area contributed by atoms with Gasteiger partial charge in [-0.05, 0) is 49.4 Å². The number of anilines is 2. The van der Waals surface area contributed by atoms with Crippen molar-refractivity contribution < 1.29 is 14.3 Å². The fourth-order valence-electron chi connectivity index (χ4n) is 2.67. The van der Waals surface area contributed by atoms with Crippen LogP contribution >= 0.6 is 23.2 Å². The van der Waals surface area contributed by atoms with Gasteiger partial charge in [0, 0.05) is 5.02 Å². The number of amides is 2. The Morgan fingerprint density at radius 2 is 1.88 bits per heavy atom. The number of carbonyl (C=O) groups is 2. The molecule has 0 spiro atoms. The van der Waals surface area contributed by atoms with Crippen LogP contribution in [-0.2, 0) is 9.59 Å². The standard InChI is InChI=1S/C18H16Cl2N2O3/c1-2-25-13-6-4-12(5-7-13)22-17(23)10-16(18(22)24)21-15-8-3-11(19)9-14(15)20/h3-9,16,21H,2,10H2,1H3/t16-/m1/s1. The Morgan fingerprint density at radius 1 is 1.16 bits per heavy atom. The molecule has 7 heteroatoms. The van der Waals surface area contributed by atoms with Crippen molar-refractivity contribution in [3.8, 4) is 5.75 Å². The molecule has 1 aliphatic heterocycles. The van der Waals surface area contributed by atoms with E-state index in [-0.39, 0.29) is 18.2 Å². The maximum atomic E-state index is 12.7. The van der Waals surface area contributed by atoms with Crippen molar-refractivity contribution in [2.45, 2.75) is 19.4 Å². The second-order valence-electron chi connectivity index (χ2n) is 5.52. The molecule has 0 saturated carbocycles. The molecule has 2 amide bonds. The van der Waals surface area contributed by atoms with E-state index in [2.05, 4.69) is 5.32 Å². The van der Waals surface area contributed by atoms with Gasteiger partial charge < -0.3 is 10.1 Å². The summed E-state index contributed by atoms with van der Waals surface area (Å²) in [4.78, 5) is 26.1. The summed E-state index contributed by atoms with van der Waals surface area (Å²) < 4.78 is 5.37. The number of imide groups is 1. The number of hydrogen-bond acceptors (Lipinski definition) is 4. The van der Waals surface area contributed by atoms with Crippen LogP contribution in [0.25, 0.3) is 0 Å². The van der Waals surface area contributed by atoms with Crippen molar-refractivity contribution >= 4 is 46.4 Å². The van der Waals surface area contributed by atoms with Gasteiger partial charge in [0.25, 0.3) is 5.91 Å². The van der Waals surface area contributed by atoms with Crippen LogP contribution in [-0.4, -0.2) is 24.5 Å². The van der Waals surface area contributed by atoms with Crippen LogP contribution < -0.4 is 15.0 Å². The zero-order valence-electron chi connectivity index (χ0n) is 13.5. The molecule has 1 atom stereocenters. The maximum Gasteiger partial charge on any atom is 0.256 e. The SMILES string of the molecule is CCOc1ccc(N2C(=O)C[C@@H](Nc3ccc(Cl)cc3Cl)C2=O)cc1. The van der Waals surface area contributed by atoms with Crippen LogP contribution in [0.3, 0.4) is 0 Å². The maximum absolute atomic E-state index is 12.7. The van der Waals surface area contributed by atoms with Gasteiger partial charge in [-0.1, -0.05) is 23.2 Å². The predicted octanol–water partition coefficient (Wildman–Crippen LogP) is 4.14. The molecule has 0 bridgehead atoms. The van der Waals surface area contributed by atoms with Crippen molar-refractivity contribution in [1.29, 1.82) is 0 Å². The number of halogens is 2. The number of ether oxygens (including phenoxy) is 1. The van der Waals surface area contributed by atoms with Crippen LogP contribution in [0.4, 0.5) is 11.4 Å². The highest BCUT2D eigenvalue weighted by Crippen LogP contribution is 2.30. The topological polar surface area (TPSA) is 58.6 Å². The molecule has 0 radical (unpaired) electrons. The molecule has 0 aromatic heterocycles. The summed E-state index contributed by atoms with van der Waals surface area (Å²) in [6.07, 6.45) is 0.0605. The van der Waals surface area contributed by atoms with Gasteiger partial charge in [-0.2, -0.15) is 0 Å². The second kappa shape index (κ2) is 7.33. The molecule has 1 N–H and O–H groups in total. The van der Waals surface area contributed by atoms with Crippen molar-refractivity contribution in [2.24, 2.45) is 0 Å². The zero-order valence-corrected chi connectivity index (χ0v) is 15.0. The third-order valence-corrected chi connectivity index (χ3v) is 4.36. The summed E-state index contributed by atoms with van der Waals surface area (Å²) in [7, 11) is 0. The summed E-state index contributed by atoms with van der Waals surface area (Å²) in [5.74, 6) is 0.102. The van der Waals surface area contributed by atoms with E-state index in [1.165, 1.54) is 4.90 Å². The summed E-state index contributed by atoms with van der Waals surface area (Å²) >= 11 is 12.0. The van der Waals surface area contributed by atoms with E-state index in [0.29, 0.717) is 33.8 Å². The molecule has 5 nitrogen and oxygen atoms in total. The van der Waals surface area contributed by atoms with Crippen LogP contribution in [0, 0.1) is 0 Å². The molecule has 1 heterocycles. The Labute approximate surface area is 155 Å². The summed E-state index contributed by atoms with van der Waals surface area (Å²) in [5.41, 5.74) is 1.08. The Kier molecular flexibility index (Phi) is 5.16. The van der Waals surface area contributed by atoms with Crippen LogP contribution in [0.5, 0.6) is 5.75 Å². The monoisotopic (exact) mass is 378 g/mol. The number of nitrogens with one attached hydrogen (secondary N) is 1. The molecular formula is C18H16Cl2N2O3. The van der Waals surface area contributed by atoms with E-state index in [1.807, 2.05) is 6.92 Å². The number of nitrogens with zero attached hydrogens (tertiary/aromatic N) is 1. The lowest BCUT2D eigenvalue weighted by Gasteiger charge is -2.17. The van der Waals surface area contributed by atoms with Crippen LogP contribution in [0.2, 0.25) is 10.0 Å². The van der Waals surface area contributed by atoms with E-state index in [4.69, 9.17) is 27.9 Å². The Morgan fingerprint density at radius 3 is 2.52 bits per heavy atom. The highest BCUT2D eigenvalue weighted by molar-refractivity contribution is 6.36. The van der Waals surface area contributed by atoms with Gasteiger partial charge in [-0.25, -0.2) is 4.90 Å². The summed E-state index contributed by atoms with van der Waals surface area (Å²) in [6.45, 7) is 2.44. The first-order valence-corrected chi connectivity index (χ1v) is 8.56. The van der Waals surface area contributed by atoms with Crippen LogP contribution in [0.1, 0.15) is 13.3 Å². The number of carbonyl (C=O) groups excluding carboxylic acids is 2. The van der Waals surface area contributed by atoms with E-state index in [9.17, 15) is 9.59 Å². The Bertz CT molecular complexity index is 808. The molecule has 1 aliphatic rings. The van der Waals surface area contributed by atoms with Gasteiger partial charge in [-0.15, -0.1) is 0 Å². The first-order chi connectivity index (χ1) is 12.0. The molecule has 1 saturated heterocycles. The summed E-state index contributed by atoms with van der Waals surface area (Å²) in [6, 6.07) is 11.1. The minimum atomic E-state index is -0.669. The lowest BCUT2D eigenvalue weighted by Crippen LogP contribution is -2.34. The molecule has 0 aliphatic carbocycles. The van der Waals surface area contributed by atoms with Gasteiger partial charge in [0.05, 0.1) is 29.4 Å². The minimum absolute atomic E-state index is 0.0605. The third-order valence-electron chi connectivity index (χ3n) is 3.81. The molecule has 3 rings (SSSR count). The van der Waals surface area contributed by atoms with Crippen molar-refractivity contribution in [1.82, 2.24) is 0 Å². The highest BCUT2D eigenvalue weighted by atomic mass is 35.5. The van der Waals surface area contributed by atoms with Crippen molar-refractivity contribution in [3.63, 3.8) is 0 Å². The normalized spacial score (nSPS) is 17.1. The number of rotatable bonds is 5. The van der Waals surface area contributed by atoms with Gasteiger partial charge in [-0.3, -0.25) is 9.59 Å². The average Bonchev–Trinajstić information content (AvgIpc) is 2.85. The smallest absolute Gasteiger partial charge is 0.256 e. The fourth-order valence-corrected chi connectivity index (χ4v) is 3.13. The van der Waals surface area contributed by atoms with Gasteiger partial charge >= 0.3 is 0 Å². The molecule has 130 valence electrons. The molecular weight excluding hydrogens is 363 g/mol. The lowest BCUT2D eigenvalue weighted by atomic mass is 10.2. The highest BCUT2D eigenvalue weighted by Gasteiger charge is 2.39. The van der Waals surface area contributed by atoms with Crippen molar-refractivity contribution in [3.05, 3.63) is 52.5 Å². The largest absolute Gasteiger partial charge is 0.494 e. The fraction of sp³-hybridized carbons (Fsp3) is 0.222. The van der Waals surface area contributed by atoms with E-state index < -0.39 is 6.04 Å². The quantitative estimate of drug-likeness (QED) is 0.794. The third kappa shape index (κ3) is 3.72. The van der Waals surface area contributed by atoms with E-state index in [1.54, 1.807) is 42.5 Å². The molecule has 0 unspecified atom stereocenters. The number of hydrogen-bond donors (Lipinski definition) is 1. The Balaban J connectivity index is 1.77. The summed E-state index contributed by atoms with van der Waals surface area (Å²) in [5, 5.41) is 3.92. The van der Waals surface area contributed by atoms with Crippen LogP contribution in [0.15, 0.2) is 42.5 Å². The predicted molar refractivity (Wildman–Crippen MR) is 98.6 cm³/mol. The van der Waals surface area contributed by atoms with E-state index >= 15 is 0 Å². The van der Waals surface area contributed by atoms with Gasteiger partial charge in [0.2, 0.25) is 5.91 Å². The van der Waals surface area contributed by atoms with Crippen molar-refractivity contribution in [2.75, 3.05) is 16.8 Å². The van der Waals surface area contributed by atoms with Gasteiger partial charge in [0.15, 0.2) is 0 Å². The minimum Gasteiger partial charge on any atom is -0.494 e. The number of benzene rings is 2. The molecule has 2 aromatic rings. The average molecular weight is 379 g/mol. The Hall–Kier alpha value is -2.24. The first-order valence-electron chi connectivity index (χ1n) is 7.81. The molecule has 2 aromatic carbocycles. The first kappa shape index (κ1) is 17.6. The van der Waals surface area contributed by atoms with E-state index in [0.717, 1.165) is 0 Å². The molecule has 1 fully saturated rings. The lowest BCUT2D eigenvalue weighted by molar-refractivity contribution is -0.121. The molecule has 25 heavy (non-hydrogen) atoms.